The van der Waals surface area contributed by atoms with Crippen molar-refractivity contribution in [3.8, 4) is 5.75 Å². The molecule has 0 aromatic heterocycles. The Balaban J connectivity index is 2.80. The summed E-state index contributed by atoms with van der Waals surface area (Å²) < 4.78 is 42.2. The van der Waals surface area contributed by atoms with Gasteiger partial charge in [0.25, 0.3) is 0 Å². The van der Waals surface area contributed by atoms with Crippen LogP contribution in [0, 0.1) is 0 Å². The number of ether oxygens (including phenoxy) is 1. The molecule has 5 heteroatoms. The van der Waals surface area contributed by atoms with Gasteiger partial charge in [0, 0.05) is 5.56 Å². The number of rotatable bonds is 5. The lowest BCUT2D eigenvalue weighted by Crippen LogP contribution is -2.35. The van der Waals surface area contributed by atoms with Gasteiger partial charge in [-0.05, 0) is 12.5 Å². The molecule has 0 saturated heterocycles. The molecule has 1 atom stereocenters. The zero-order chi connectivity index (χ0) is 13.6. The lowest BCUT2D eigenvalue weighted by Gasteiger charge is -2.11. The second kappa shape index (κ2) is 6.44. The van der Waals surface area contributed by atoms with Gasteiger partial charge in [0.05, 0.1) is 6.61 Å². The minimum absolute atomic E-state index is 0.524. The van der Waals surface area contributed by atoms with Crippen LogP contribution in [0.2, 0.25) is 0 Å². The molecule has 0 radical (unpaired) electrons. The van der Waals surface area contributed by atoms with Crippen LogP contribution in [0.25, 0.3) is 6.08 Å². The Morgan fingerprint density at radius 3 is 2.61 bits per heavy atom. The Morgan fingerprint density at radius 2 is 2.00 bits per heavy atom. The summed E-state index contributed by atoms with van der Waals surface area (Å²) in [5.41, 5.74) is 5.58. The van der Waals surface area contributed by atoms with E-state index in [4.69, 9.17) is 10.5 Å². The quantitative estimate of drug-likeness (QED) is 0.879. The normalized spacial score (nSPS) is 13.8. The van der Waals surface area contributed by atoms with Gasteiger partial charge in [0.15, 0.2) is 0 Å². The minimum Gasteiger partial charge on any atom is -0.493 e. The standard InChI is InChI=1S/C13H16F3NO/c1-2-9-18-11-6-4-3-5-10(11)7-8-12(17)13(14,15)16/h3-8,12H,2,9,17H2,1H3/t12-/m0/s1. The molecule has 0 amide bonds. The molecule has 0 aliphatic rings. The van der Waals surface area contributed by atoms with E-state index >= 15 is 0 Å². The smallest absolute Gasteiger partial charge is 0.407 e. The number of hydrogen-bond donors (Lipinski definition) is 1. The Labute approximate surface area is 104 Å². The first-order valence-electron chi connectivity index (χ1n) is 5.67. The molecule has 0 aliphatic carbocycles. The van der Waals surface area contributed by atoms with E-state index in [1.807, 2.05) is 6.92 Å². The third-order valence-electron chi connectivity index (χ3n) is 2.24. The van der Waals surface area contributed by atoms with Crippen molar-refractivity contribution < 1.29 is 17.9 Å². The van der Waals surface area contributed by atoms with E-state index in [-0.39, 0.29) is 0 Å². The van der Waals surface area contributed by atoms with E-state index in [0.29, 0.717) is 17.9 Å². The van der Waals surface area contributed by atoms with Crippen molar-refractivity contribution in [1.29, 1.82) is 0 Å². The topological polar surface area (TPSA) is 35.2 Å². The van der Waals surface area contributed by atoms with Crippen molar-refractivity contribution >= 4 is 6.08 Å². The van der Waals surface area contributed by atoms with E-state index in [1.54, 1.807) is 24.3 Å². The van der Waals surface area contributed by atoms with E-state index < -0.39 is 12.2 Å². The Hall–Kier alpha value is -1.49. The monoisotopic (exact) mass is 259 g/mol. The van der Waals surface area contributed by atoms with Gasteiger partial charge in [-0.3, -0.25) is 0 Å². The molecular formula is C13H16F3NO. The average Bonchev–Trinajstić information content (AvgIpc) is 2.33. The summed E-state index contributed by atoms with van der Waals surface area (Å²) in [5.74, 6) is 0.560. The fourth-order valence-corrected chi connectivity index (χ4v) is 1.28. The van der Waals surface area contributed by atoms with Gasteiger partial charge in [-0.15, -0.1) is 0 Å². The number of nitrogens with two attached hydrogens (primary N) is 1. The fourth-order valence-electron chi connectivity index (χ4n) is 1.28. The van der Waals surface area contributed by atoms with Crippen molar-refractivity contribution in [2.45, 2.75) is 25.6 Å². The SMILES string of the molecule is CCCOc1ccccc1C=C[C@H](N)C(F)(F)F. The number of halogens is 3. The molecule has 0 spiro atoms. The zero-order valence-electron chi connectivity index (χ0n) is 10.1. The lowest BCUT2D eigenvalue weighted by atomic mass is 10.1. The fraction of sp³-hybridized carbons (Fsp3) is 0.385. The first-order chi connectivity index (χ1) is 8.45. The number of benzene rings is 1. The molecule has 18 heavy (non-hydrogen) atoms. The molecule has 0 bridgehead atoms. The number of para-hydroxylation sites is 1. The van der Waals surface area contributed by atoms with Crippen LogP contribution < -0.4 is 10.5 Å². The number of alkyl halides is 3. The molecule has 0 heterocycles. The van der Waals surface area contributed by atoms with Crippen LogP contribution in [0.5, 0.6) is 5.75 Å². The summed E-state index contributed by atoms with van der Waals surface area (Å²) in [6.07, 6.45) is -1.33. The summed E-state index contributed by atoms with van der Waals surface area (Å²) in [4.78, 5) is 0. The summed E-state index contributed by atoms with van der Waals surface area (Å²) in [6, 6.07) is 4.94. The second-order valence-electron chi connectivity index (χ2n) is 3.81. The van der Waals surface area contributed by atoms with Crippen molar-refractivity contribution in [3.63, 3.8) is 0 Å². The van der Waals surface area contributed by atoms with Gasteiger partial charge < -0.3 is 10.5 Å². The van der Waals surface area contributed by atoms with Crippen LogP contribution in [0.1, 0.15) is 18.9 Å². The maximum absolute atomic E-state index is 12.2. The molecule has 100 valence electrons. The molecule has 1 rings (SSSR count). The Bertz CT molecular complexity index is 401. The maximum atomic E-state index is 12.2. The summed E-state index contributed by atoms with van der Waals surface area (Å²) in [7, 11) is 0. The van der Waals surface area contributed by atoms with Gasteiger partial charge in [0.1, 0.15) is 11.8 Å². The van der Waals surface area contributed by atoms with Gasteiger partial charge in [-0.2, -0.15) is 13.2 Å². The summed E-state index contributed by atoms with van der Waals surface area (Å²) in [6.45, 7) is 2.48. The van der Waals surface area contributed by atoms with Gasteiger partial charge in [-0.1, -0.05) is 37.3 Å². The van der Waals surface area contributed by atoms with Gasteiger partial charge in [-0.25, -0.2) is 0 Å². The molecule has 2 nitrogen and oxygen atoms in total. The van der Waals surface area contributed by atoms with Crippen LogP contribution in [0.3, 0.4) is 0 Å². The van der Waals surface area contributed by atoms with E-state index in [9.17, 15) is 13.2 Å². The highest BCUT2D eigenvalue weighted by atomic mass is 19.4. The van der Waals surface area contributed by atoms with Gasteiger partial charge >= 0.3 is 6.18 Å². The highest BCUT2D eigenvalue weighted by Gasteiger charge is 2.34. The molecule has 1 aromatic carbocycles. The third kappa shape index (κ3) is 4.41. The molecule has 0 aliphatic heterocycles. The highest BCUT2D eigenvalue weighted by molar-refractivity contribution is 5.57. The summed E-state index contributed by atoms with van der Waals surface area (Å²) in [5, 5.41) is 0. The minimum atomic E-state index is -4.42. The van der Waals surface area contributed by atoms with Crippen molar-refractivity contribution in [3.05, 3.63) is 35.9 Å². The summed E-state index contributed by atoms with van der Waals surface area (Å²) >= 11 is 0. The highest BCUT2D eigenvalue weighted by Crippen LogP contribution is 2.23. The first kappa shape index (κ1) is 14.6. The molecular weight excluding hydrogens is 243 g/mol. The Morgan fingerprint density at radius 1 is 1.33 bits per heavy atom. The third-order valence-corrected chi connectivity index (χ3v) is 2.24. The molecule has 0 saturated carbocycles. The molecule has 0 fully saturated rings. The lowest BCUT2D eigenvalue weighted by molar-refractivity contribution is -0.136. The van der Waals surface area contributed by atoms with Crippen LogP contribution in [-0.4, -0.2) is 18.8 Å². The van der Waals surface area contributed by atoms with E-state index in [0.717, 1.165) is 12.5 Å². The largest absolute Gasteiger partial charge is 0.493 e. The number of hydrogen-bond acceptors (Lipinski definition) is 2. The van der Waals surface area contributed by atoms with Crippen LogP contribution in [-0.2, 0) is 0 Å². The first-order valence-corrected chi connectivity index (χ1v) is 5.67. The van der Waals surface area contributed by atoms with Crippen LogP contribution in [0.15, 0.2) is 30.3 Å². The second-order valence-corrected chi connectivity index (χ2v) is 3.81. The van der Waals surface area contributed by atoms with Crippen molar-refractivity contribution in [2.75, 3.05) is 6.61 Å². The van der Waals surface area contributed by atoms with E-state index in [1.165, 1.54) is 6.08 Å². The van der Waals surface area contributed by atoms with Crippen molar-refractivity contribution in [2.24, 2.45) is 5.73 Å². The molecule has 1 aromatic rings. The predicted octanol–water partition coefficient (Wildman–Crippen LogP) is 3.38. The average molecular weight is 259 g/mol. The van der Waals surface area contributed by atoms with Crippen molar-refractivity contribution in [1.82, 2.24) is 0 Å². The molecule has 0 unspecified atom stereocenters. The van der Waals surface area contributed by atoms with E-state index in [2.05, 4.69) is 0 Å². The Kier molecular flexibility index (Phi) is 5.22. The van der Waals surface area contributed by atoms with Gasteiger partial charge in [0.2, 0.25) is 0 Å². The van der Waals surface area contributed by atoms with Crippen LogP contribution in [0.4, 0.5) is 13.2 Å². The predicted molar refractivity (Wildman–Crippen MR) is 65.3 cm³/mol. The zero-order valence-corrected chi connectivity index (χ0v) is 10.1. The molecule has 2 N–H and O–H groups in total. The van der Waals surface area contributed by atoms with Crippen LogP contribution >= 0.6 is 0 Å². The maximum Gasteiger partial charge on any atom is 0.407 e.